The van der Waals surface area contributed by atoms with Crippen LogP contribution in [0.4, 0.5) is 0 Å². The average molecular weight is 805 g/mol. The highest BCUT2D eigenvalue weighted by Gasteiger charge is 2.26. The van der Waals surface area contributed by atoms with Gasteiger partial charge in [-0.1, -0.05) is 213 Å². The molecule has 1 N–H and O–H groups in total. The average Bonchev–Trinajstić information content (AvgIpc) is 3.13. The Labute approximate surface area is 342 Å². The molecule has 0 saturated carbocycles. The van der Waals surface area contributed by atoms with Crippen LogP contribution in [0.25, 0.3) is 0 Å². The summed E-state index contributed by atoms with van der Waals surface area (Å²) in [5.41, 5.74) is 0. The van der Waals surface area contributed by atoms with E-state index in [1.54, 1.807) is 0 Å². The largest absolute Gasteiger partial charge is 0.472 e. The topological polar surface area (TPSA) is 91.3 Å². The van der Waals surface area contributed by atoms with E-state index in [0.29, 0.717) is 24.1 Å². The van der Waals surface area contributed by atoms with E-state index >= 15 is 0 Å². The number of carbonyl (C=O) groups excluding carboxylic acids is 1. The summed E-state index contributed by atoms with van der Waals surface area (Å²) in [6.45, 7) is 5.69. The summed E-state index contributed by atoms with van der Waals surface area (Å²) in [5.74, 6) is -0.308. The Morgan fingerprint density at radius 3 is 1.20 bits per heavy atom. The molecule has 330 valence electrons. The quantitative estimate of drug-likeness (QED) is 0.0284. The highest BCUT2D eigenvalue weighted by molar-refractivity contribution is 7.47. The van der Waals surface area contributed by atoms with Gasteiger partial charge in [0.05, 0.1) is 34.4 Å². The van der Waals surface area contributed by atoms with E-state index < -0.39 is 13.9 Å². The molecule has 0 fully saturated rings. The minimum Gasteiger partial charge on any atom is -0.457 e. The van der Waals surface area contributed by atoms with E-state index in [9.17, 15) is 14.3 Å². The van der Waals surface area contributed by atoms with Crippen LogP contribution >= 0.6 is 7.82 Å². The van der Waals surface area contributed by atoms with Gasteiger partial charge < -0.3 is 18.9 Å². The molecule has 8 nitrogen and oxygen atoms in total. The first-order valence-corrected chi connectivity index (χ1v) is 25.3. The first kappa shape index (κ1) is 54.5. The van der Waals surface area contributed by atoms with Crippen LogP contribution in [0.5, 0.6) is 0 Å². The van der Waals surface area contributed by atoms with Crippen LogP contribution in [0.2, 0.25) is 0 Å². The SMILES string of the molecule is CCCCCCCCCCCCCCCCCCCCCCOCC(COP(=O)(O)OCC[N+](C)(C)C)OC(=O)CCCCCCCCCCCCCCC. The molecule has 0 spiro atoms. The van der Waals surface area contributed by atoms with Gasteiger partial charge in [0.2, 0.25) is 0 Å². The standard InChI is InChI=1S/C46H94NO7P/c1-6-8-10-12-14-16-18-20-21-22-23-24-25-26-28-30-32-34-36-38-41-51-43-45(44-53-55(49,50)52-42-40-47(3,4)5)54-46(48)39-37-35-33-31-29-27-19-17-15-13-11-9-7-2/h45H,6-44H2,1-5H3/p+1. The molecule has 0 saturated heterocycles. The zero-order valence-corrected chi connectivity index (χ0v) is 38.3. The Kier molecular flexibility index (Phi) is 39.9. The summed E-state index contributed by atoms with van der Waals surface area (Å²) in [6, 6.07) is 0. The van der Waals surface area contributed by atoms with Crippen molar-refractivity contribution in [1.82, 2.24) is 0 Å². The van der Waals surface area contributed by atoms with E-state index in [1.807, 2.05) is 21.1 Å². The van der Waals surface area contributed by atoms with Crippen molar-refractivity contribution in [1.29, 1.82) is 0 Å². The van der Waals surface area contributed by atoms with E-state index in [4.69, 9.17) is 18.5 Å². The third kappa shape index (κ3) is 44.4. The van der Waals surface area contributed by atoms with Crippen LogP contribution in [0.1, 0.15) is 232 Å². The van der Waals surface area contributed by atoms with Crippen molar-refractivity contribution < 1.29 is 37.3 Å². The summed E-state index contributed by atoms with van der Waals surface area (Å²) < 4.78 is 35.1. The van der Waals surface area contributed by atoms with Crippen molar-refractivity contribution >= 4 is 13.8 Å². The summed E-state index contributed by atoms with van der Waals surface area (Å²) in [5, 5.41) is 0. The van der Waals surface area contributed by atoms with Crippen LogP contribution in [0, 0.1) is 0 Å². The second-order valence-corrected chi connectivity index (χ2v) is 19.0. The molecular formula is C46H95NO7P+. The minimum atomic E-state index is -4.27. The number of likely N-dealkylation sites (N-methyl/N-ethyl adjacent to an activating group) is 1. The molecule has 0 aliphatic heterocycles. The second kappa shape index (κ2) is 40.3. The zero-order valence-electron chi connectivity index (χ0n) is 37.4. The molecule has 0 aliphatic carbocycles. The summed E-state index contributed by atoms with van der Waals surface area (Å²) in [6.07, 6.45) is 42.8. The van der Waals surface area contributed by atoms with Crippen molar-refractivity contribution in [3.63, 3.8) is 0 Å². The predicted octanol–water partition coefficient (Wildman–Crippen LogP) is 14.1. The number of phosphoric acid groups is 1. The first-order chi connectivity index (χ1) is 26.6. The van der Waals surface area contributed by atoms with Gasteiger partial charge in [0.1, 0.15) is 19.3 Å². The maximum atomic E-state index is 12.7. The highest BCUT2D eigenvalue weighted by Crippen LogP contribution is 2.43. The number of nitrogens with zero attached hydrogens (tertiary/aromatic N) is 1. The van der Waals surface area contributed by atoms with Crippen LogP contribution in [0.3, 0.4) is 0 Å². The van der Waals surface area contributed by atoms with E-state index in [0.717, 1.165) is 32.1 Å². The van der Waals surface area contributed by atoms with Gasteiger partial charge in [-0.05, 0) is 12.8 Å². The molecule has 0 bridgehead atoms. The summed E-state index contributed by atoms with van der Waals surface area (Å²) in [4.78, 5) is 22.9. The Morgan fingerprint density at radius 1 is 0.491 bits per heavy atom. The van der Waals surface area contributed by atoms with Gasteiger partial charge in [-0.2, -0.15) is 0 Å². The first-order valence-electron chi connectivity index (χ1n) is 23.8. The molecule has 0 amide bonds. The normalized spacial score (nSPS) is 13.6. The van der Waals surface area contributed by atoms with E-state index in [2.05, 4.69) is 13.8 Å². The molecule has 0 rings (SSSR count). The lowest BCUT2D eigenvalue weighted by atomic mass is 10.0. The summed E-state index contributed by atoms with van der Waals surface area (Å²) in [7, 11) is 1.69. The summed E-state index contributed by atoms with van der Waals surface area (Å²) >= 11 is 0. The predicted molar refractivity (Wildman–Crippen MR) is 234 cm³/mol. The third-order valence-electron chi connectivity index (χ3n) is 10.7. The fourth-order valence-electron chi connectivity index (χ4n) is 6.97. The minimum absolute atomic E-state index is 0.0940. The van der Waals surface area contributed by atoms with Crippen molar-refractivity contribution in [3.05, 3.63) is 0 Å². The molecule has 0 heterocycles. The van der Waals surface area contributed by atoms with Crippen molar-refractivity contribution in [3.8, 4) is 0 Å². The number of rotatable bonds is 45. The lowest BCUT2D eigenvalue weighted by Crippen LogP contribution is -2.37. The Balaban J connectivity index is 4.09. The molecule has 0 radical (unpaired) electrons. The number of unbranched alkanes of at least 4 members (excludes halogenated alkanes) is 31. The monoisotopic (exact) mass is 805 g/mol. The van der Waals surface area contributed by atoms with E-state index in [-0.39, 0.29) is 25.8 Å². The number of carbonyl (C=O) groups is 1. The highest BCUT2D eigenvalue weighted by atomic mass is 31.2. The molecule has 55 heavy (non-hydrogen) atoms. The van der Waals surface area contributed by atoms with Crippen LogP contribution in [-0.4, -0.2) is 75.6 Å². The molecule has 0 aromatic carbocycles. The maximum absolute atomic E-state index is 12.7. The molecule has 0 aliphatic rings. The number of ether oxygens (including phenoxy) is 2. The third-order valence-corrected chi connectivity index (χ3v) is 11.7. The Bertz CT molecular complexity index is 853. The Morgan fingerprint density at radius 2 is 0.836 bits per heavy atom. The zero-order chi connectivity index (χ0) is 40.6. The van der Waals surface area contributed by atoms with Gasteiger partial charge in [0, 0.05) is 13.0 Å². The smallest absolute Gasteiger partial charge is 0.457 e. The maximum Gasteiger partial charge on any atom is 0.472 e. The lowest BCUT2D eigenvalue weighted by molar-refractivity contribution is -0.870. The molecule has 2 atom stereocenters. The lowest BCUT2D eigenvalue weighted by Gasteiger charge is -2.24. The fraction of sp³-hybridized carbons (Fsp3) is 0.978. The van der Waals surface area contributed by atoms with Gasteiger partial charge in [-0.15, -0.1) is 0 Å². The number of hydrogen-bond donors (Lipinski definition) is 1. The second-order valence-electron chi connectivity index (χ2n) is 17.5. The van der Waals surface area contributed by atoms with Crippen molar-refractivity contribution in [2.75, 3.05) is 54.1 Å². The molecular weight excluding hydrogens is 709 g/mol. The van der Waals surface area contributed by atoms with Crippen molar-refractivity contribution in [2.24, 2.45) is 0 Å². The van der Waals surface area contributed by atoms with Gasteiger partial charge in [-0.25, -0.2) is 4.57 Å². The van der Waals surface area contributed by atoms with Gasteiger partial charge in [0.25, 0.3) is 0 Å². The molecule has 9 heteroatoms. The number of esters is 1. The van der Waals surface area contributed by atoms with Crippen LogP contribution < -0.4 is 0 Å². The number of hydrogen-bond acceptors (Lipinski definition) is 6. The van der Waals surface area contributed by atoms with Crippen molar-refractivity contribution in [2.45, 2.75) is 238 Å². The molecule has 2 unspecified atom stereocenters. The number of phosphoric ester groups is 1. The van der Waals surface area contributed by atoms with Gasteiger partial charge >= 0.3 is 13.8 Å². The molecule has 0 aromatic rings. The molecule has 0 aromatic heterocycles. The fourth-order valence-corrected chi connectivity index (χ4v) is 7.71. The van der Waals surface area contributed by atoms with Gasteiger partial charge in [-0.3, -0.25) is 13.8 Å². The van der Waals surface area contributed by atoms with Gasteiger partial charge in [0.15, 0.2) is 0 Å². The van der Waals surface area contributed by atoms with E-state index in [1.165, 1.54) is 180 Å². The Hall–Kier alpha value is -0.500. The van der Waals surface area contributed by atoms with Crippen LogP contribution in [-0.2, 0) is 27.9 Å². The van der Waals surface area contributed by atoms with Crippen LogP contribution in [0.15, 0.2) is 0 Å². The number of quaternary nitrogens is 1.